The van der Waals surface area contributed by atoms with Crippen LogP contribution >= 0.6 is 0 Å². The van der Waals surface area contributed by atoms with Crippen molar-refractivity contribution < 1.29 is 14.7 Å². The summed E-state index contributed by atoms with van der Waals surface area (Å²) in [5, 5.41) is 10.8. The van der Waals surface area contributed by atoms with E-state index in [9.17, 15) is 9.59 Å². The van der Waals surface area contributed by atoms with Gasteiger partial charge in [0, 0.05) is 18.3 Å². The summed E-state index contributed by atoms with van der Waals surface area (Å²) in [6, 6.07) is 0. The highest BCUT2D eigenvalue weighted by Crippen LogP contribution is 1.93. The predicted molar refractivity (Wildman–Crippen MR) is 55.4 cm³/mol. The van der Waals surface area contributed by atoms with Crippen LogP contribution in [0.3, 0.4) is 0 Å². The second kappa shape index (κ2) is 5.59. The summed E-state index contributed by atoms with van der Waals surface area (Å²) in [5.41, 5.74) is 1.41. The first-order valence-corrected chi connectivity index (χ1v) is 4.54. The Labute approximate surface area is 92.0 Å². The van der Waals surface area contributed by atoms with Crippen molar-refractivity contribution >= 4 is 11.9 Å². The third kappa shape index (κ3) is 4.32. The third-order valence-electron chi connectivity index (χ3n) is 1.66. The number of carbonyl (C=O) groups excluding carboxylic acids is 1. The fourth-order valence-corrected chi connectivity index (χ4v) is 0.894. The van der Waals surface area contributed by atoms with Crippen LogP contribution in [0.4, 0.5) is 0 Å². The lowest BCUT2D eigenvalue weighted by molar-refractivity contribution is -0.131. The van der Waals surface area contributed by atoms with Crippen LogP contribution in [0.5, 0.6) is 0 Å². The Hall–Kier alpha value is -2.24. The summed E-state index contributed by atoms with van der Waals surface area (Å²) < 4.78 is 0. The first-order valence-electron chi connectivity index (χ1n) is 4.54. The van der Waals surface area contributed by atoms with Crippen LogP contribution < -0.4 is 5.32 Å². The summed E-state index contributed by atoms with van der Waals surface area (Å²) in [4.78, 5) is 29.2. The molecule has 0 aliphatic rings. The van der Waals surface area contributed by atoms with Gasteiger partial charge in [-0.2, -0.15) is 0 Å². The molecule has 1 heterocycles. The molecule has 16 heavy (non-hydrogen) atoms. The molecule has 0 aliphatic carbocycles. The highest BCUT2D eigenvalue weighted by Gasteiger charge is 1.99. The van der Waals surface area contributed by atoms with Gasteiger partial charge in [0.25, 0.3) is 0 Å². The number of nitrogens with one attached hydrogen (secondary N) is 1. The number of carbonyl (C=O) groups is 2. The van der Waals surface area contributed by atoms with Gasteiger partial charge in [0.05, 0.1) is 24.1 Å². The lowest BCUT2D eigenvalue weighted by Crippen LogP contribution is -2.21. The molecule has 0 aliphatic heterocycles. The molecular formula is C10H11N3O3. The monoisotopic (exact) mass is 221 g/mol. The third-order valence-corrected chi connectivity index (χ3v) is 1.66. The van der Waals surface area contributed by atoms with E-state index in [1.165, 1.54) is 0 Å². The number of carboxylic acid groups (broad SMARTS) is 1. The van der Waals surface area contributed by atoms with E-state index >= 15 is 0 Å². The average Bonchev–Trinajstić information content (AvgIpc) is 2.25. The average molecular weight is 221 g/mol. The first kappa shape index (κ1) is 11.8. The summed E-state index contributed by atoms with van der Waals surface area (Å²) in [5.74, 6) is -1.64. The van der Waals surface area contributed by atoms with Crippen LogP contribution in [0.25, 0.3) is 0 Å². The van der Waals surface area contributed by atoms with Crippen molar-refractivity contribution in [2.45, 2.75) is 13.5 Å². The van der Waals surface area contributed by atoms with Crippen molar-refractivity contribution in [3.8, 4) is 0 Å². The summed E-state index contributed by atoms with van der Waals surface area (Å²) in [6.07, 6.45) is 4.87. The summed E-state index contributed by atoms with van der Waals surface area (Å²) >= 11 is 0. The number of amides is 1. The largest absolute Gasteiger partial charge is 0.478 e. The van der Waals surface area contributed by atoms with Crippen LogP contribution in [0.15, 0.2) is 24.5 Å². The predicted octanol–water partition coefficient (Wildman–Crippen LogP) is 0.0420. The van der Waals surface area contributed by atoms with Gasteiger partial charge >= 0.3 is 5.97 Å². The molecule has 6 nitrogen and oxygen atoms in total. The Bertz CT molecular complexity index is 412. The molecule has 0 radical (unpaired) electrons. The molecule has 0 aromatic carbocycles. The van der Waals surface area contributed by atoms with Gasteiger partial charge in [0.1, 0.15) is 0 Å². The number of hydrogen-bond donors (Lipinski definition) is 2. The Balaban J connectivity index is 2.43. The SMILES string of the molecule is Cc1cnc(CNC(=O)C=CC(=O)O)cn1. The van der Waals surface area contributed by atoms with E-state index in [-0.39, 0.29) is 6.54 Å². The van der Waals surface area contributed by atoms with Crippen molar-refractivity contribution in [2.24, 2.45) is 0 Å². The Kier molecular flexibility index (Phi) is 4.14. The maximum absolute atomic E-state index is 11.1. The Morgan fingerprint density at radius 2 is 2.12 bits per heavy atom. The van der Waals surface area contributed by atoms with E-state index in [1.54, 1.807) is 12.4 Å². The second-order valence-electron chi connectivity index (χ2n) is 3.04. The standard InChI is InChI=1S/C10H11N3O3/c1-7-4-12-8(5-11-7)6-13-9(14)2-3-10(15)16/h2-5H,6H2,1H3,(H,13,14)(H,15,16). The molecule has 1 amide bonds. The molecule has 0 fully saturated rings. The quantitative estimate of drug-likeness (QED) is 0.700. The lowest BCUT2D eigenvalue weighted by atomic mass is 10.4. The van der Waals surface area contributed by atoms with Crippen molar-refractivity contribution in [1.29, 1.82) is 0 Å². The number of nitrogens with zero attached hydrogens (tertiary/aromatic N) is 2. The number of rotatable bonds is 4. The van der Waals surface area contributed by atoms with Crippen molar-refractivity contribution in [2.75, 3.05) is 0 Å². The molecule has 0 spiro atoms. The zero-order valence-corrected chi connectivity index (χ0v) is 8.67. The molecule has 0 unspecified atom stereocenters. The van der Waals surface area contributed by atoms with E-state index in [1.807, 2.05) is 6.92 Å². The van der Waals surface area contributed by atoms with Crippen LogP contribution in [0.1, 0.15) is 11.4 Å². The van der Waals surface area contributed by atoms with E-state index in [4.69, 9.17) is 5.11 Å². The van der Waals surface area contributed by atoms with E-state index < -0.39 is 11.9 Å². The highest BCUT2D eigenvalue weighted by molar-refractivity contribution is 5.93. The first-order chi connectivity index (χ1) is 7.58. The normalized spacial score (nSPS) is 10.3. The number of aliphatic carboxylic acids is 1. The fourth-order valence-electron chi connectivity index (χ4n) is 0.894. The number of aryl methyl sites for hydroxylation is 1. The zero-order chi connectivity index (χ0) is 12.0. The molecule has 0 atom stereocenters. The maximum atomic E-state index is 11.1. The second-order valence-corrected chi connectivity index (χ2v) is 3.04. The smallest absolute Gasteiger partial charge is 0.328 e. The Morgan fingerprint density at radius 1 is 1.38 bits per heavy atom. The minimum absolute atomic E-state index is 0.218. The van der Waals surface area contributed by atoms with Gasteiger partial charge in [-0.3, -0.25) is 14.8 Å². The minimum Gasteiger partial charge on any atom is -0.478 e. The van der Waals surface area contributed by atoms with Crippen molar-refractivity contribution in [3.05, 3.63) is 35.9 Å². The molecule has 1 rings (SSSR count). The van der Waals surface area contributed by atoms with E-state index in [0.717, 1.165) is 17.8 Å². The summed E-state index contributed by atoms with van der Waals surface area (Å²) in [7, 11) is 0. The van der Waals surface area contributed by atoms with Crippen LogP contribution in [-0.2, 0) is 16.1 Å². The number of hydrogen-bond acceptors (Lipinski definition) is 4. The Morgan fingerprint density at radius 3 is 2.69 bits per heavy atom. The molecule has 84 valence electrons. The molecule has 1 aromatic heterocycles. The van der Waals surface area contributed by atoms with Crippen LogP contribution in [0.2, 0.25) is 0 Å². The van der Waals surface area contributed by atoms with Gasteiger partial charge < -0.3 is 10.4 Å². The van der Waals surface area contributed by atoms with E-state index in [0.29, 0.717) is 5.69 Å². The maximum Gasteiger partial charge on any atom is 0.328 e. The van der Waals surface area contributed by atoms with Gasteiger partial charge in [-0.25, -0.2) is 4.79 Å². The van der Waals surface area contributed by atoms with Gasteiger partial charge in [0.2, 0.25) is 5.91 Å². The molecule has 6 heteroatoms. The zero-order valence-electron chi connectivity index (χ0n) is 8.67. The molecule has 2 N–H and O–H groups in total. The molecule has 0 saturated carbocycles. The van der Waals surface area contributed by atoms with Crippen LogP contribution in [0, 0.1) is 6.92 Å². The van der Waals surface area contributed by atoms with Gasteiger partial charge in [0.15, 0.2) is 0 Å². The fraction of sp³-hybridized carbons (Fsp3) is 0.200. The van der Waals surface area contributed by atoms with Crippen molar-refractivity contribution in [3.63, 3.8) is 0 Å². The van der Waals surface area contributed by atoms with Gasteiger partial charge in [-0.05, 0) is 6.92 Å². The van der Waals surface area contributed by atoms with Gasteiger partial charge in [-0.15, -0.1) is 0 Å². The topological polar surface area (TPSA) is 92.2 Å². The summed E-state index contributed by atoms with van der Waals surface area (Å²) in [6.45, 7) is 2.03. The minimum atomic E-state index is -1.16. The van der Waals surface area contributed by atoms with Crippen molar-refractivity contribution in [1.82, 2.24) is 15.3 Å². The molecule has 0 saturated heterocycles. The molecule has 0 bridgehead atoms. The molecular weight excluding hydrogens is 210 g/mol. The number of aromatic nitrogens is 2. The van der Waals surface area contributed by atoms with E-state index in [2.05, 4.69) is 15.3 Å². The van der Waals surface area contributed by atoms with Crippen LogP contribution in [-0.4, -0.2) is 27.0 Å². The van der Waals surface area contributed by atoms with Gasteiger partial charge in [-0.1, -0.05) is 0 Å². The number of carboxylic acids is 1. The highest BCUT2D eigenvalue weighted by atomic mass is 16.4. The lowest BCUT2D eigenvalue weighted by Gasteiger charge is -2.01. The molecule has 1 aromatic rings.